The van der Waals surface area contributed by atoms with Crippen molar-refractivity contribution in [3.8, 4) is 11.5 Å². The highest BCUT2D eigenvalue weighted by Crippen LogP contribution is 2.40. The number of hydrogen-bond donors (Lipinski definition) is 1. The molecule has 0 bridgehead atoms. The van der Waals surface area contributed by atoms with Crippen molar-refractivity contribution in [2.45, 2.75) is 26.3 Å². The highest BCUT2D eigenvalue weighted by molar-refractivity contribution is 6.46. The first-order valence-electron chi connectivity index (χ1n) is 11.1. The van der Waals surface area contributed by atoms with E-state index in [0.717, 1.165) is 17.7 Å². The third-order valence-electron chi connectivity index (χ3n) is 5.72. The third-order valence-corrected chi connectivity index (χ3v) is 5.72. The molecular formula is C26H32N2O5. The van der Waals surface area contributed by atoms with Gasteiger partial charge in [-0.2, -0.15) is 0 Å². The maximum absolute atomic E-state index is 13.1. The van der Waals surface area contributed by atoms with Gasteiger partial charge in [-0.3, -0.25) is 9.59 Å². The lowest BCUT2D eigenvalue weighted by Crippen LogP contribution is -2.32. The Morgan fingerprint density at radius 2 is 1.82 bits per heavy atom. The molecule has 2 aromatic carbocycles. The van der Waals surface area contributed by atoms with Gasteiger partial charge in [-0.25, -0.2) is 0 Å². The Labute approximate surface area is 195 Å². The Balaban J connectivity index is 2.08. The predicted molar refractivity (Wildman–Crippen MR) is 128 cm³/mol. The number of likely N-dealkylation sites (tertiary alicyclic amines) is 1. The maximum atomic E-state index is 13.1. The van der Waals surface area contributed by atoms with Crippen molar-refractivity contribution in [3.05, 3.63) is 64.7 Å². The van der Waals surface area contributed by atoms with Crippen molar-refractivity contribution in [1.29, 1.82) is 0 Å². The Kier molecular flexibility index (Phi) is 7.76. The summed E-state index contributed by atoms with van der Waals surface area (Å²) in [6.07, 6.45) is 0.704. The fourth-order valence-electron chi connectivity index (χ4n) is 4.11. The average molecular weight is 453 g/mol. The van der Waals surface area contributed by atoms with Gasteiger partial charge in [0.1, 0.15) is 17.3 Å². The zero-order valence-electron chi connectivity index (χ0n) is 19.9. The molecule has 0 radical (unpaired) electrons. The van der Waals surface area contributed by atoms with E-state index in [2.05, 4.69) is 0 Å². The molecule has 0 unspecified atom stereocenters. The van der Waals surface area contributed by atoms with Gasteiger partial charge in [-0.1, -0.05) is 12.1 Å². The van der Waals surface area contributed by atoms with E-state index < -0.39 is 17.7 Å². The third kappa shape index (κ3) is 5.20. The molecular weight excluding hydrogens is 420 g/mol. The number of aliphatic hydroxyl groups is 1. The first-order chi connectivity index (χ1) is 15.8. The van der Waals surface area contributed by atoms with Crippen LogP contribution in [0.1, 0.15) is 36.1 Å². The van der Waals surface area contributed by atoms with Gasteiger partial charge in [0.15, 0.2) is 0 Å². The molecule has 0 aromatic heterocycles. The van der Waals surface area contributed by atoms with Gasteiger partial charge >= 0.3 is 0 Å². The molecule has 1 aliphatic rings. The molecule has 1 fully saturated rings. The number of Topliss-reactive ketones (excluding diaryl/α,β-unsaturated/α-hetero) is 1. The fraction of sp³-hybridized carbons (Fsp3) is 0.385. The number of methoxy groups -OCH3 is 1. The van der Waals surface area contributed by atoms with Crippen LogP contribution >= 0.6 is 0 Å². The Morgan fingerprint density at radius 3 is 2.39 bits per heavy atom. The Bertz CT molecular complexity index is 1040. The topological polar surface area (TPSA) is 79.3 Å². The number of carbonyl (C=O) groups excluding carboxylic acids is 2. The van der Waals surface area contributed by atoms with Crippen molar-refractivity contribution in [1.82, 2.24) is 9.80 Å². The van der Waals surface area contributed by atoms with E-state index in [1.165, 1.54) is 0 Å². The largest absolute Gasteiger partial charge is 0.507 e. The number of aliphatic hydroxyl groups excluding tert-OH is 1. The zero-order chi connectivity index (χ0) is 24.1. The zero-order valence-corrected chi connectivity index (χ0v) is 19.9. The van der Waals surface area contributed by atoms with Crippen molar-refractivity contribution in [2.24, 2.45) is 0 Å². The van der Waals surface area contributed by atoms with Crippen LogP contribution < -0.4 is 9.47 Å². The molecule has 7 heteroatoms. The smallest absolute Gasteiger partial charge is 0.295 e. The molecule has 3 rings (SSSR count). The summed E-state index contributed by atoms with van der Waals surface area (Å²) in [5, 5.41) is 11.2. The monoisotopic (exact) mass is 452 g/mol. The number of nitrogens with zero attached hydrogens (tertiary/aromatic N) is 2. The number of benzene rings is 2. The summed E-state index contributed by atoms with van der Waals surface area (Å²) in [6, 6.07) is 11.8. The van der Waals surface area contributed by atoms with Crippen LogP contribution in [0.25, 0.3) is 5.76 Å². The average Bonchev–Trinajstić information content (AvgIpc) is 3.04. The lowest BCUT2D eigenvalue weighted by molar-refractivity contribution is -0.139. The summed E-state index contributed by atoms with van der Waals surface area (Å²) in [4.78, 5) is 29.7. The van der Waals surface area contributed by atoms with Gasteiger partial charge < -0.3 is 24.4 Å². The maximum Gasteiger partial charge on any atom is 0.295 e. The van der Waals surface area contributed by atoms with Crippen LogP contribution in [0.5, 0.6) is 11.5 Å². The van der Waals surface area contributed by atoms with Crippen LogP contribution in [-0.4, -0.2) is 67.5 Å². The Hall–Kier alpha value is -3.32. The van der Waals surface area contributed by atoms with Gasteiger partial charge in [-0.05, 0) is 82.4 Å². The Morgan fingerprint density at radius 1 is 1.12 bits per heavy atom. The minimum atomic E-state index is -0.676. The summed E-state index contributed by atoms with van der Waals surface area (Å²) in [5.41, 5.74) is 2.13. The molecule has 33 heavy (non-hydrogen) atoms. The summed E-state index contributed by atoms with van der Waals surface area (Å²) >= 11 is 0. The number of rotatable bonds is 9. The van der Waals surface area contributed by atoms with Gasteiger partial charge in [0.05, 0.1) is 25.3 Å². The first-order valence-corrected chi connectivity index (χ1v) is 11.1. The van der Waals surface area contributed by atoms with Gasteiger partial charge in [0.25, 0.3) is 11.7 Å². The van der Waals surface area contributed by atoms with E-state index in [4.69, 9.17) is 9.47 Å². The quantitative estimate of drug-likeness (QED) is 0.354. The summed E-state index contributed by atoms with van der Waals surface area (Å²) in [5.74, 6) is -0.0763. The van der Waals surface area contributed by atoms with Crippen molar-refractivity contribution >= 4 is 17.4 Å². The van der Waals surface area contributed by atoms with E-state index in [9.17, 15) is 14.7 Å². The molecule has 0 aliphatic carbocycles. The van der Waals surface area contributed by atoms with E-state index in [-0.39, 0.29) is 11.3 Å². The molecule has 1 heterocycles. The minimum Gasteiger partial charge on any atom is -0.507 e. The molecule has 176 valence electrons. The fourth-order valence-corrected chi connectivity index (χ4v) is 4.11. The molecule has 2 aromatic rings. The number of ketones is 1. The van der Waals surface area contributed by atoms with Crippen LogP contribution in [0, 0.1) is 6.92 Å². The van der Waals surface area contributed by atoms with E-state index in [0.29, 0.717) is 36.6 Å². The second kappa shape index (κ2) is 10.5. The van der Waals surface area contributed by atoms with E-state index >= 15 is 0 Å². The van der Waals surface area contributed by atoms with Crippen molar-refractivity contribution in [2.75, 3.05) is 40.9 Å². The van der Waals surface area contributed by atoms with Crippen LogP contribution in [0.15, 0.2) is 48.0 Å². The summed E-state index contributed by atoms with van der Waals surface area (Å²) < 4.78 is 10.8. The van der Waals surface area contributed by atoms with Crippen LogP contribution in [0.3, 0.4) is 0 Å². The van der Waals surface area contributed by atoms with Gasteiger partial charge in [-0.15, -0.1) is 0 Å². The molecule has 1 saturated heterocycles. The molecule has 0 spiro atoms. The normalized spacial score (nSPS) is 17.6. The van der Waals surface area contributed by atoms with Crippen molar-refractivity contribution < 1.29 is 24.2 Å². The molecule has 1 atom stereocenters. The van der Waals surface area contributed by atoms with Gasteiger partial charge in [0.2, 0.25) is 0 Å². The molecule has 0 saturated carbocycles. The van der Waals surface area contributed by atoms with Crippen LogP contribution in [0.4, 0.5) is 0 Å². The molecule has 1 N–H and O–H groups in total. The standard InChI is InChI=1S/C26H32N2O5/c1-6-33-20-11-8-18(9-12-20)23-22(24(29)19-10-13-21(32-5)17(2)16-19)25(30)26(31)28(23)15-7-14-27(3)4/h8-13,16,23,29H,6-7,14-15H2,1-5H3/t23-/m1/s1. The molecule has 1 aliphatic heterocycles. The van der Waals surface area contributed by atoms with Crippen LogP contribution in [-0.2, 0) is 9.59 Å². The lowest BCUT2D eigenvalue weighted by atomic mass is 9.94. The molecule has 7 nitrogen and oxygen atoms in total. The lowest BCUT2D eigenvalue weighted by Gasteiger charge is -2.26. The predicted octanol–water partition coefficient (Wildman–Crippen LogP) is 3.78. The minimum absolute atomic E-state index is 0.0959. The number of carbonyl (C=O) groups is 2. The highest BCUT2D eigenvalue weighted by Gasteiger charge is 2.45. The summed E-state index contributed by atoms with van der Waals surface area (Å²) in [7, 11) is 5.50. The van der Waals surface area contributed by atoms with Crippen LogP contribution in [0.2, 0.25) is 0 Å². The number of amides is 1. The first kappa shape index (κ1) is 24.3. The van der Waals surface area contributed by atoms with Crippen molar-refractivity contribution in [3.63, 3.8) is 0 Å². The van der Waals surface area contributed by atoms with E-state index in [1.54, 1.807) is 30.2 Å². The number of aryl methyl sites for hydroxylation is 1. The number of ether oxygens (including phenoxy) is 2. The second-order valence-electron chi connectivity index (χ2n) is 8.34. The van der Waals surface area contributed by atoms with Gasteiger partial charge in [0, 0.05) is 12.1 Å². The molecule has 1 amide bonds. The number of hydrogen-bond acceptors (Lipinski definition) is 6. The highest BCUT2D eigenvalue weighted by atomic mass is 16.5. The summed E-state index contributed by atoms with van der Waals surface area (Å²) in [6.45, 7) is 5.48. The SMILES string of the molecule is CCOc1ccc([C@@H]2C(=C(O)c3ccc(OC)c(C)c3)C(=O)C(=O)N2CCCN(C)C)cc1. The van der Waals surface area contributed by atoms with E-state index in [1.807, 2.05) is 57.1 Å². The second-order valence-corrected chi connectivity index (χ2v) is 8.34.